The van der Waals surface area contributed by atoms with E-state index in [0.717, 1.165) is 0 Å². The molecule has 0 atom stereocenters. The van der Waals surface area contributed by atoms with Crippen LogP contribution in [-0.4, -0.2) is 43.7 Å². The van der Waals surface area contributed by atoms with Crippen molar-refractivity contribution in [3.63, 3.8) is 0 Å². The number of sulfonamides is 1. The van der Waals surface area contributed by atoms with E-state index < -0.39 is 27.9 Å². The lowest BCUT2D eigenvalue weighted by molar-refractivity contribution is -0.132. The smallest absolute Gasteiger partial charge is 0.308 e. The number of anilines is 1. The van der Waals surface area contributed by atoms with Gasteiger partial charge in [-0.15, -0.1) is 0 Å². The third kappa shape index (κ3) is 6.81. The largest absolute Gasteiger partial charge is 0.427 e. The molecule has 0 aliphatic rings. The number of benzene rings is 3. The molecule has 0 aromatic heterocycles. The maximum absolute atomic E-state index is 13.2. The highest BCUT2D eigenvalue weighted by molar-refractivity contribution is 7.89. The molecule has 0 heterocycles. The molecule has 0 fully saturated rings. The van der Waals surface area contributed by atoms with Gasteiger partial charge in [-0.3, -0.25) is 14.4 Å². The predicted octanol–water partition coefficient (Wildman–Crippen LogP) is 4.37. The lowest BCUT2D eigenvalue weighted by Gasteiger charge is -2.20. The zero-order valence-corrected chi connectivity index (χ0v) is 21.8. The lowest BCUT2D eigenvalue weighted by Crippen LogP contribution is -2.30. The van der Waals surface area contributed by atoms with E-state index in [1.807, 2.05) is 0 Å². The van der Waals surface area contributed by atoms with Crippen molar-refractivity contribution >= 4 is 50.4 Å². The van der Waals surface area contributed by atoms with Gasteiger partial charge in [-0.25, -0.2) is 8.42 Å². The topological polar surface area (TPSA) is 119 Å². The monoisotopic (exact) mass is 524 g/mol. The number of fused-ring (bicyclic) bond motifs is 1. The SMILES string of the molecule is CCN(CC)S(=O)(=O)c1cccc2c(NC(=O)C=Cc3cc(OC(C)=O)cc(OC(C)=O)c3)cccc12. The third-order valence-electron chi connectivity index (χ3n) is 5.32. The summed E-state index contributed by atoms with van der Waals surface area (Å²) in [4.78, 5) is 35.6. The normalized spacial score (nSPS) is 11.6. The van der Waals surface area contributed by atoms with E-state index in [9.17, 15) is 22.8 Å². The number of nitrogens with zero attached hydrogens (tertiary/aromatic N) is 1. The minimum atomic E-state index is -3.71. The van der Waals surface area contributed by atoms with E-state index in [1.165, 1.54) is 48.5 Å². The Bertz CT molecular complexity index is 1440. The zero-order valence-electron chi connectivity index (χ0n) is 21.0. The fourth-order valence-corrected chi connectivity index (χ4v) is 5.47. The van der Waals surface area contributed by atoms with Gasteiger partial charge in [-0.05, 0) is 35.9 Å². The van der Waals surface area contributed by atoms with Gasteiger partial charge in [0.2, 0.25) is 15.9 Å². The molecule has 0 bridgehead atoms. The van der Waals surface area contributed by atoms with Crippen molar-refractivity contribution in [2.75, 3.05) is 18.4 Å². The number of rotatable bonds is 9. The fraction of sp³-hybridized carbons (Fsp3) is 0.222. The van der Waals surface area contributed by atoms with E-state index in [-0.39, 0.29) is 16.4 Å². The molecule has 0 saturated heterocycles. The number of carbonyl (C=O) groups is 3. The molecule has 0 spiro atoms. The highest BCUT2D eigenvalue weighted by atomic mass is 32.2. The average molecular weight is 525 g/mol. The Morgan fingerprint density at radius 3 is 2.00 bits per heavy atom. The van der Waals surface area contributed by atoms with Crippen LogP contribution in [0.25, 0.3) is 16.8 Å². The number of esters is 2. The minimum Gasteiger partial charge on any atom is -0.427 e. The summed E-state index contributed by atoms with van der Waals surface area (Å²) < 4.78 is 37.9. The van der Waals surface area contributed by atoms with Crippen molar-refractivity contribution in [3.05, 3.63) is 66.2 Å². The van der Waals surface area contributed by atoms with Crippen molar-refractivity contribution in [2.45, 2.75) is 32.6 Å². The Kier molecular flexibility index (Phi) is 8.80. The highest BCUT2D eigenvalue weighted by Crippen LogP contribution is 2.31. The van der Waals surface area contributed by atoms with Crippen molar-refractivity contribution in [2.24, 2.45) is 0 Å². The van der Waals surface area contributed by atoms with Gasteiger partial charge in [0.1, 0.15) is 11.5 Å². The summed E-state index contributed by atoms with van der Waals surface area (Å²) >= 11 is 0. The van der Waals surface area contributed by atoms with Crippen LogP contribution in [0.4, 0.5) is 5.69 Å². The molecule has 9 nitrogen and oxygen atoms in total. The predicted molar refractivity (Wildman–Crippen MR) is 141 cm³/mol. The molecule has 1 N–H and O–H groups in total. The molecular weight excluding hydrogens is 496 g/mol. The summed E-state index contributed by atoms with van der Waals surface area (Å²) in [5.74, 6) is -1.27. The highest BCUT2D eigenvalue weighted by Gasteiger charge is 2.24. The van der Waals surface area contributed by atoms with Crippen molar-refractivity contribution in [1.82, 2.24) is 4.31 Å². The summed E-state index contributed by atoms with van der Waals surface area (Å²) in [5, 5.41) is 3.85. The van der Waals surface area contributed by atoms with Crippen LogP contribution in [0, 0.1) is 0 Å². The number of hydrogen-bond donors (Lipinski definition) is 1. The lowest BCUT2D eigenvalue weighted by atomic mass is 10.1. The molecule has 3 aromatic carbocycles. The fourth-order valence-electron chi connectivity index (χ4n) is 3.80. The standard InChI is InChI=1S/C27H28N2O7S/c1-5-29(6-2)37(33,34)26-12-8-9-23-24(26)10-7-11-25(23)28-27(32)14-13-20-15-21(35-18(3)30)17-22(16-20)36-19(4)31/h7-17H,5-6H2,1-4H3,(H,28,32). The molecule has 3 aromatic rings. The van der Waals surface area contributed by atoms with Crippen LogP contribution in [-0.2, 0) is 24.4 Å². The van der Waals surface area contributed by atoms with Crippen LogP contribution in [0.3, 0.4) is 0 Å². The summed E-state index contributed by atoms with van der Waals surface area (Å²) in [6.45, 7) is 6.72. The maximum Gasteiger partial charge on any atom is 0.308 e. The Balaban J connectivity index is 1.91. The van der Waals surface area contributed by atoms with E-state index in [1.54, 1.807) is 50.2 Å². The van der Waals surface area contributed by atoms with E-state index in [4.69, 9.17) is 9.47 Å². The van der Waals surface area contributed by atoms with Crippen LogP contribution in [0.2, 0.25) is 0 Å². The van der Waals surface area contributed by atoms with Crippen LogP contribution >= 0.6 is 0 Å². The molecule has 0 aliphatic carbocycles. The quantitative estimate of drug-likeness (QED) is 0.251. The van der Waals surface area contributed by atoms with Gasteiger partial charge < -0.3 is 14.8 Å². The van der Waals surface area contributed by atoms with Crippen LogP contribution in [0.15, 0.2) is 65.6 Å². The van der Waals surface area contributed by atoms with E-state index in [2.05, 4.69) is 5.32 Å². The van der Waals surface area contributed by atoms with Crippen LogP contribution in [0.5, 0.6) is 11.5 Å². The summed E-state index contributed by atoms with van der Waals surface area (Å²) in [7, 11) is -3.71. The van der Waals surface area contributed by atoms with Gasteiger partial charge in [-0.2, -0.15) is 4.31 Å². The molecule has 3 rings (SSSR count). The van der Waals surface area contributed by atoms with Gasteiger partial charge in [-0.1, -0.05) is 38.1 Å². The van der Waals surface area contributed by atoms with Gasteiger partial charge in [0, 0.05) is 55.5 Å². The first-order valence-corrected chi connectivity index (χ1v) is 13.0. The molecule has 0 aliphatic heterocycles. The molecule has 194 valence electrons. The molecule has 0 saturated carbocycles. The average Bonchev–Trinajstić information content (AvgIpc) is 2.82. The summed E-state index contributed by atoms with van der Waals surface area (Å²) in [6, 6.07) is 14.4. The van der Waals surface area contributed by atoms with Crippen LogP contribution < -0.4 is 14.8 Å². The van der Waals surface area contributed by atoms with Gasteiger partial charge >= 0.3 is 11.9 Å². The molecule has 0 radical (unpaired) electrons. The first-order valence-electron chi connectivity index (χ1n) is 11.6. The van der Waals surface area contributed by atoms with E-state index in [0.29, 0.717) is 35.1 Å². The summed E-state index contributed by atoms with van der Waals surface area (Å²) in [5.41, 5.74) is 0.897. The van der Waals surface area contributed by atoms with Gasteiger partial charge in [0.15, 0.2) is 0 Å². The number of amides is 1. The summed E-state index contributed by atoms with van der Waals surface area (Å²) in [6.07, 6.45) is 2.73. The molecule has 1 amide bonds. The molecule has 10 heteroatoms. The molecule has 37 heavy (non-hydrogen) atoms. The minimum absolute atomic E-state index is 0.155. The Morgan fingerprint density at radius 2 is 1.43 bits per heavy atom. The first kappa shape index (κ1) is 27.6. The Labute approximate surface area is 215 Å². The second-order valence-electron chi connectivity index (χ2n) is 7.99. The van der Waals surface area contributed by atoms with Crippen molar-refractivity contribution in [3.8, 4) is 11.5 Å². The van der Waals surface area contributed by atoms with Gasteiger partial charge in [0.25, 0.3) is 0 Å². The first-order chi connectivity index (χ1) is 17.5. The number of nitrogens with one attached hydrogen (secondary N) is 1. The zero-order chi connectivity index (χ0) is 27.2. The number of carbonyl (C=O) groups excluding carboxylic acids is 3. The van der Waals surface area contributed by atoms with Gasteiger partial charge in [0.05, 0.1) is 4.90 Å². The second kappa shape index (κ2) is 11.8. The molecule has 0 unspecified atom stereocenters. The number of hydrogen-bond acceptors (Lipinski definition) is 7. The number of ether oxygens (including phenoxy) is 2. The van der Waals surface area contributed by atoms with E-state index >= 15 is 0 Å². The molecular formula is C27H28N2O7S. The van der Waals surface area contributed by atoms with Crippen LogP contribution in [0.1, 0.15) is 33.3 Å². The maximum atomic E-state index is 13.2. The van der Waals surface area contributed by atoms with Crippen molar-refractivity contribution in [1.29, 1.82) is 0 Å². The Morgan fingerprint density at radius 1 is 0.865 bits per heavy atom. The van der Waals surface area contributed by atoms with Crippen molar-refractivity contribution < 1.29 is 32.3 Å². The Hall–Kier alpha value is -4.02. The second-order valence-corrected chi connectivity index (χ2v) is 9.90. The third-order valence-corrected chi connectivity index (χ3v) is 7.42.